The van der Waals surface area contributed by atoms with Crippen molar-refractivity contribution in [2.45, 2.75) is 9.79 Å². The zero-order valence-electron chi connectivity index (χ0n) is 10.0. The van der Waals surface area contributed by atoms with Crippen LogP contribution in [0.1, 0.15) is 11.1 Å². The molecule has 0 aliphatic carbocycles. The molecule has 0 spiro atoms. The molecule has 0 saturated heterocycles. The molecule has 0 saturated carbocycles. The highest BCUT2D eigenvalue weighted by Crippen LogP contribution is 2.21. The van der Waals surface area contributed by atoms with Crippen molar-refractivity contribution >= 4 is 23.3 Å². The Hall–Kier alpha value is -1.77. The average molecular weight is 254 g/mol. The lowest BCUT2D eigenvalue weighted by Gasteiger charge is -2.10. The van der Waals surface area contributed by atoms with E-state index in [-0.39, 0.29) is 0 Å². The number of benzene rings is 2. The van der Waals surface area contributed by atoms with Crippen molar-refractivity contribution in [3.63, 3.8) is 0 Å². The van der Waals surface area contributed by atoms with Crippen molar-refractivity contribution in [3.8, 4) is 0 Å². The van der Waals surface area contributed by atoms with Crippen LogP contribution in [0.5, 0.6) is 0 Å². The first kappa shape index (κ1) is 12.7. The summed E-state index contributed by atoms with van der Waals surface area (Å²) in [6, 6.07) is 15.1. The van der Waals surface area contributed by atoms with Crippen LogP contribution < -0.4 is 0 Å². The summed E-state index contributed by atoms with van der Waals surface area (Å²) in [5.41, 5.74) is 2.05. The predicted octanol–water partition coefficient (Wildman–Crippen LogP) is 4.14. The van der Waals surface area contributed by atoms with E-state index in [1.165, 1.54) is 0 Å². The lowest BCUT2D eigenvalue weighted by Crippen LogP contribution is -2.01. The van der Waals surface area contributed by atoms with Gasteiger partial charge >= 0.3 is 0 Å². The molecule has 2 aromatic rings. The van der Waals surface area contributed by atoms with Gasteiger partial charge in [-0.25, -0.2) is 0 Å². The van der Waals surface area contributed by atoms with E-state index in [4.69, 9.17) is 0 Å². The Morgan fingerprint density at radius 2 is 1.06 bits per heavy atom. The highest BCUT2D eigenvalue weighted by molar-refractivity contribution is 7.91. The third kappa shape index (κ3) is 2.73. The van der Waals surface area contributed by atoms with Crippen LogP contribution in [0.25, 0.3) is 12.2 Å². The molecule has 0 heterocycles. The molecule has 90 valence electrons. The molecule has 0 aliphatic rings. The van der Waals surface area contributed by atoms with E-state index < -0.39 is 11.2 Å². The fourth-order valence-corrected chi connectivity index (χ4v) is 2.63. The quantitative estimate of drug-likeness (QED) is 0.752. The maximum atomic E-state index is 12.3. The summed E-state index contributed by atoms with van der Waals surface area (Å²) >= 11 is -1.14. The zero-order chi connectivity index (χ0) is 13.0. The predicted molar refractivity (Wildman–Crippen MR) is 77.7 cm³/mol. The molecule has 0 amide bonds. The monoisotopic (exact) mass is 254 g/mol. The molecule has 2 rings (SSSR count). The van der Waals surface area contributed by atoms with Gasteiger partial charge in [0.25, 0.3) is 0 Å². The second-order valence-electron chi connectivity index (χ2n) is 3.82. The summed E-state index contributed by atoms with van der Waals surface area (Å²) < 4.78 is 12.3. The summed E-state index contributed by atoms with van der Waals surface area (Å²) in [4.78, 5) is 1.60. The summed E-state index contributed by atoms with van der Waals surface area (Å²) in [5.74, 6) is 0. The van der Waals surface area contributed by atoms with Crippen molar-refractivity contribution < 1.29 is 4.55 Å². The van der Waals surface area contributed by atoms with Crippen molar-refractivity contribution in [2.24, 2.45) is 0 Å². The van der Waals surface area contributed by atoms with Gasteiger partial charge in [0.05, 0.1) is 0 Å². The summed E-state index contributed by atoms with van der Waals surface area (Å²) in [5, 5.41) is 0. The first-order chi connectivity index (χ1) is 8.74. The van der Waals surface area contributed by atoms with Gasteiger partial charge in [-0.1, -0.05) is 25.3 Å². The number of hydrogen-bond donors (Lipinski definition) is 0. The molecule has 0 atom stereocenters. The van der Waals surface area contributed by atoms with Gasteiger partial charge in [-0.3, -0.25) is 0 Å². The van der Waals surface area contributed by atoms with Crippen LogP contribution in [0, 0.1) is 0 Å². The standard InChI is InChI=1S/C16H14OS/c1-3-13-5-9-15(10-6-13)18(17)16-11-7-14(4-2)8-12-16/h3-12H,1-2H2. The zero-order valence-corrected chi connectivity index (χ0v) is 10.8. The van der Waals surface area contributed by atoms with E-state index in [2.05, 4.69) is 13.2 Å². The van der Waals surface area contributed by atoms with Gasteiger partial charge < -0.3 is 4.55 Å². The van der Waals surface area contributed by atoms with Crippen LogP contribution in [-0.2, 0) is 11.2 Å². The lowest BCUT2D eigenvalue weighted by atomic mass is 10.2. The second-order valence-corrected chi connectivity index (χ2v) is 5.30. The van der Waals surface area contributed by atoms with Crippen LogP contribution in [0.3, 0.4) is 0 Å². The maximum absolute atomic E-state index is 12.3. The Bertz CT molecular complexity index is 489. The smallest absolute Gasteiger partial charge is 0.158 e. The second kappa shape index (κ2) is 5.71. The van der Waals surface area contributed by atoms with Crippen molar-refractivity contribution in [2.75, 3.05) is 0 Å². The van der Waals surface area contributed by atoms with E-state index in [9.17, 15) is 4.55 Å². The lowest BCUT2D eigenvalue weighted by molar-refractivity contribution is 0.595. The Morgan fingerprint density at radius 1 is 0.722 bits per heavy atom. The minimum absolute atomic E-state index is 0.798. The number of rotatable bonds is 4. The van der Waals surface area contributed by atoms with Gasteiger partial charge in [-0.05, 0) is 59.7 Å². The first-order valence-corrected chi connectivity index (χ1v) is 6.76. The van der Waals surface area contributed by atoms with E-state index in [1.54, 1.807) is 12.2 Å². The van der Waals surface area contributed by atoms with E-state index in [0.717, 1.165) is 20.9 Å². The minimum atomic E-state index is -1.14. The summed E-state index contributed by atoms with van der Waals surface area (Å²) in [6.07, 6.45) is 3.54. The van der Waals surface area contributed by atoms with Gasteiger partial charge in [0, 0.05) is 11.2 Å². The average Bonchev–Trinajstić information content (AvgIpc) is 2.47. The van der Waals surface area contributed by atoms with Crippen molar-refractivity contribution in [3.05, 3.63) is 72.8 Å². The molecule has 0 bridgehead atoms. The van der Waals surface area contributed by atoms with Crippen LogP contribution in [0.4, 0.5) is 0 Å². The van der Waals surface area contributed by atoms with Crippen molar-refractivity contribution in [1.29, 1.82) is 0 Å². The Balaban J connectivity index is 2.25. The van der Waals surface area contributed by atoms with Gasteiger partial charge in [-0.15, -0.1) is 0 Å². The molecule has 0 unspecified atom stereocenters. The largest absolute Gasteiger partial charge is 0.606 e. The SMILES string of the molecule is C=Cc1ccc([S+]([O-])c2ccc(C=C)cc2)cc1. The van der Waals surface area contributed by atoms with Crippen LogP contribution >= 0.6 is 0 Å². The topological polar surface area (TPSA) is 23.1 Å². The van der Waals surface area contributed by atoms with Crippen molar-refractivity contribution in [1.82, 2.24) is 0 Å². The van der Waals surface area contributed by atoms with Gasteiger partial charge in [-0.2, -0.15) is 0 Å². The summed E-state index contributed by atoms with van der Waals surface area (Å²) in [6.45, 7) is 7.39. The molecular weight excluding hydrogens is 240 g/mol. The van der Waals surface area contributed by atoms with E-state index >= 15 is 0 Å². The van der Waals surface area contributed by atoms with Crippen LogP contribution in [0.2, 0.25) is 0 Å². The van der Waals surface area contributed by atoms with Crippen LogP contribution in [0.15, 0.2) is 71.5 Å². The minimum Gasteiger partial charge on any atom is -0.606 e. The fraction of sp³-hybridized carbons (Fsp3) is 0. The Kier molecular flexibility index (Phi) is 4.03. The van der Waals surface area contributed by atoms with Gasteiger partial charge in [0.2, 0.25) is 0 Å². The molecule has 0 N–H and O–H groups in total. The van der Waals surface area contributed by atoms with Crippen LogP contribution in [-0.4, -0.2) is 4.55 Å². The molecule has 0 fully saturated rings. The maximum Gasteiger partial charge on any atom is 0.158 e. The number of hydrogen-bond acceptors (Lipinski definition) is 1. The highest BCUT2D eigenvalue weighted by Gasteiger charge is 2.13. The molecule has 2 heteroatoms. The fourth-order valence-electron chi connectivity index (χ4n) is 1.59. The molecule has 0 aromatic heterocycles. The van der Waals surface area contributed by atoms with E-state index in [1.807, 2.05) is 48.5 Å². The third-order valence-electron chi connectivity index (χ3n) is 2.66. The first-order valence-electron chi connectivity index (χ1n) is 5.61. The van der Waals surface area contributed by atoms with Gasteiger partial charge in [0.15, 0.2) is 9.79 Å². The van der Waals surface area contributed by atoms with E-state index in [0.29, 0.717) is 0 Å². The molecule has 1 nitrogen and oxygen atoms in total. The molecule has 0 radical (unpaired) electrons. The molecule has 0 aliphatic heterocycles. The summed E-state index contributed by atoms with van der Waals surface area (Å²) in [7, 11) is 0. The third-order valence-corrected chi connectivity index (χ3v) is 4.06. The Morgan fingerprint density at radius 3 is 1.33 bits per heavy atom. The van der Waals surface area contributed by atoms with Gasteiger partial charge in [0.1, 0.15) is 0 Å². The molecule has 2 aromatic carbocycles. The highest BCUT2D eigenvalue weighted by atomic mass is 32.2. The molecule has 18 heavy (non-hydrogen) atoms. The normalized spacial score (nSPS) is 10.3. The Labute approximate surface area is 111 Å². The molecular formula is C16H14OS.